The molecule has 1 aliphatic heterocycles. The number of aromatic nitrogens is 1. The number of carbonyl (C=O) groups is 2. The second kappa shape index (κ2) is 8.03. The number of aryl methyl sites for hydroxylation is 1. The molecule has 138 valence electrons. The van der Waals surface area contributed by atoms with Crippen LogP contribution in [0.3, 0.4) is 0 Å². The molecule has 7 nitrogen and oxygen atoms in total. The van der Waals surface area contributed by atoms with E-state index in [9.17, 15) is 9.59 Å². The van der Waals surface area contributed by atoms with Gasteiger partial charge in [-0.2, -0.15) is 0 Å². The van der Waals surface area contributed by atoms with Crippen LogP contribution in [0.2, 0.25) is 0 Å². The van der Waals surface area contributed by atoms with Crippen LogP contribution in [0.15, 0.2) is 28.8 Å². The minimum Gasteiger partial charge on any atom is -0.478 e. The summed E-state index contributed by atoms with van der Waals surface area (Å²) in [5, 5.41) is 11.8. The van der Waals surface area contributed by atoms with Gasteiger partial charge in [0.1, 0.15) is 22.9 Å². The van der Waals surface area contributed by atoms with Gasteiger partial charge < -0.3 is 19.7 Å². The number of carboxylic acid groups (broad SMARTS) is 1. The van der Waals surface area contributed by atoms with Crippen LogP contribution in [0, 0.1) is 6.92 Å². The lowest BCUT2D eigenvalue weighted by atomic mass is 10.2. The molecule has 3 rings (SSSR count). The molecule has 0 bridgehead atoms. The molecule has 3 heterocycles. The fourth-order valence-corrected chi connectivity index (χ4v) is 3.12. The van der Waals surface area contributed by atoms with Gasteiger partial charge in [-0.05, 0) is 38.0 Å². The zero-order valence-corrected chi connectivity index (χ0v) is 14.8. The lowest BCUT2D eigenvalue weighted by Gasteiger charge is -2.21. The van der Waals surface area contributed by atoms with E-state index in [2.05, 4.69) is 15.2 Å². The van der Waals surface area contributed by atoms with Crippen molar-refractivity contribution in [2.45, 2.75) is 39.2 Å². The summed E-state index contributed by atoms with van der Waals surface area (Å²) in [4.78, 5) is 30.0. The van der Waals surface area contributed by atoms with Crippen LogP contribution in [-0.4, -0.2) is 35.1 Å². The average molecular weight is 357 g/mol. The van der Waals surface area contributed by atoms with Crippen molar-refractivity contribution in [1.82, 2.24) is 10.3 Å². The van der Waals surface area contributed by atoms with E-state index in [1.807, 2.05) is 6.07 Å². The number of anilines is 1. The smallest absolute Gasteiger partial charge is 0.339 e. The van der Waals surface area contributed by atoms with E-state index in [0.717, 1.165) is 18.9 Å². The molecule has 2 N–H and O–H groups in total. The Balaban J connectivity index is 1.59. The van der Waals surface area contributed by atoms with Crippen LogP contribution in [0.4, 0.5) is 5.82 Å². The molecule has 26 heavy (non-hydrogen) atoms. The number of nitrogens with zero attached hydrogens (tertiary/aromatic N) is 2. The summed E-state index contributed by atoms with van der Waals surface area (Å²) in [6.45, 7) is 3.71. The minimum absolute atomic E-state index is 0.109. The van der Waals surface area contributed by atoms with Gasteiger partial charge in [0.25, 0.3) is 5.91 Å². The monoisotopic (exact) mass is 357 g/mol. The summed E-state index contributed by atoms with van der Waals surface area (Å²) in [6, 6.07) is 5.07. The van der Waals surface area contributed by atoms with Crippen molar-refractivity contribution in [2.75, 3.05) is 18.0 Å². The van der Waals surface area contributed by atoms with Crippen LogP contribution in [0.5, 0.6) is 0 Å². The van der Waals surface area contributed by atoms with Crippen LogP contribution in [0.1, 0.15) is 57.9 Å². The molecule has 0 radical (unpaired) electrons. The van der Waals surface area contributed by atoms with E-state index in [4.69, 9.17) is 9.52 Å². The highest BCUT2D eigenvalue weighted by Gasteiger charge is 2.15. The fraction of sp³-hybridized carbons (Fsp3) is 0.421. The van der Waals surface area contributed by atoms with E-state index in [0.29, 0.717) is 17.1 Å². The maximum Gasteiger partial charge on any atom is 0.339 e. The summed E-state index contributed by atoms with van der Waals surface area (Å²) in [5.41, 5.74) is 0.572. The number of amides is 1. The third-order valence-electron chi connectivity index (χ3n) is 4.56. The number of hydrogen-bond donors (Lipinski definition) is 2. The standard InChI is InChI=1S/C19H23N3O4/c1-13-16(19(24)25)10-15(26-13)12-21-18(23)14-6-7-17(20-11-14)22-8-4-2-3-5-9-22/h6-7,10-11H,2-5,8-9,12H2,1H3,(H,21,23)(H,24,25). The van der Waals surface area contributed by atoms with Gasteiger partial charge >= 0.3 is 5.97 Å². The quantitative estimate of drug-likeness (QED) is 0.854. The molecule has 0 atom stereocenters. The Hall–Kier alpha value is -2.83. The maximum atomic E-state index is 12.3. The Morgan fingerprint density at radius 2 is 1.96 bits per heavy atom. The second-order valence-corrected chi connectivity index (χ2v) is 6.48. The molecule has 0 spiro atoms. The number of furan rings is 1. The average Bonchev–Trinajstić information content (AvgIpc) is 2.84. The zero-order valence-electron chi connectivity index (χ0n) is 14.8. The van der Waals surface area contributed by atoms with E-state index in [-0.39, 0.29) is 18.0 Å². The summed E-state index contributed by atoms with van der Waals surface area (Å²) >= 11 is 0. The zero-order chi connectivity index (χ0) is 18.5. The first-order valence-corrected chi connectivity index (χ1v) is 8.86. The Labute approximate surface area is 152 Å². The van der Waals surface area contributed by atoms with Crippen LogP contribution < -0.4 is 10.2 Å². The number of rotatable bonds is 5. The largest absolute Gasteiger partial charge is 0.478 e. The van der Waals surface area contributed by atoms with Gasteiger partial charge in [-0.25, -0.2) is 9.78 Å². The molecule has 2 aromatic rings. The van der Waals surface area contributed by atoms with Gasteiger partial charge in [0.05, 0.1) is 12.1 Å². The highest BCUT2D eigenvalue weighted by Crippen LogP contribution is 2.18. The first kappa shape index (κ1) is 18.0. The van der Waals surface area contributed by atoms with Crippen molar-refractivity contribution in [3.05, 3.63) is 47.0 Å². The third kappa shape index (κ3) is 4.22. The first-order chi connectivity index (χ1) is 12.5. The normalized spacial score (nSPS) is 14.7. The first-order valence-electron chi connectivity index (χ1n) is 8.86. The van der Waals surface area contributed by atoms with E-state index < -0.39 is 5.97 Å². The lowest BCUT2D eigenvalue weighted by molar-refractivity contribution is 0.0694. The molecular formula is C19H23N3O4. The van der Waals surface area contributed by atoms with Crippen molar-refractivity contribution in [3.63, 3.8) is 0 Å². The molecule has 0 aliphatic carbocycles. The fourth-order valence-electron chi connectivity index (χ4n) is 3.12. The molecule has 1 fully saturated rings. The number of pyridine rings is 1. The van der Waals surface area contributed by atoms with Crippen molar-refractivity contribution in [1.29, 1.82) is 0 Å². The number of hydrogen-bond acceptors (Lipinski definition) is 5. The third-order valence-corrected chi connectivity index (χ3v) is 4.56. The van der Waals surface area contributed by atoms with Crippen LogP contribution >= 0.6 is 0 Å². The van der Waals surface area contributed by atoms with E-state index >= 15 is 0 Å². The summed E-state index contributed by atoms with van der Waals surface area (Å²) < 4.78 is 5.35. The molecule has 0 aromatic carbocycles. The van der Waals surface area contributed by atoms with Gasteiger partial charge in [-0.1, -0.05) is 12.8 Å². The van der Waals surface area contributed by atoms with Gasteiger partial charge in [0.15, 0.2) is 0 Å². The van der Waals surface area contributed by atoms with Crippen molar-refractivity contribution in [3.8, 4) is 0 Å². The van der Waals surface area contributed by atoms with Crippen molar-refractivity contribution < 1.29 is 19.1 Å². The molecule has 0 unspecified atom stereocenters. The minimum atomic E-state index is -1.04. The summed E-state index contributed by atoms with van der Waals surface area (Å²) in [6.07, 6.45) is 6.43. The van der Waals surface area contributed by atoms with E-state index in [1.165, 1.54) is 31.7 Å². The molecule has 0 saturated carbocycles. The molecule has 1 amide bonds. The lowest BCUT2D eigenvalue weighted by Crippen LogP contribution is -2.26. The molecule has 2 aromatic heterocycles. The molecule has 1 aliphatic rings. The number of aromatic carboxylic acids is 1. The Morgan fingerprint density at radius 3 is 2.54 bits per heavy atom. The number of nitrogens with one attached hydrogen (secondary N) is 1. The van der Waals surface area contributed by atoms with Crippen LogP contribution in [0.25, 0.3) is 0 Å². The maximum absolute atomic E-state index is 12.3. The Kier molecular flexibility index (Phi) is 5.55. The van der Waals surface area contributed by atoms with E-state index in [1.54, 1.807) is 19.2 Å². The number of carboxylic acids is 1. The SMILES string of the molecule is Cc1oc(CNC(=O)c2ccc(N3CCCCCC3)nc2)cc1C(=O)O. The predicted octanol–water partition coefficient (Wildman–Crippen LogP) is 2.99. The highest BCUT2D eigenvalue weighted by molar-refractivity contribution is 5.94. The second-order valence-electron chi connectivity index (χ2n) is 6.48. The summed E-state index contributed by atoms with van der Waals surface area (Å²) in [5.74, 6) is 0.312. The molecular weight excluding hydrogens is 334 g/mol. The summed E-state index contributed by atoms with van der Waals surface area (Å²) in [7, 11) is 0. The van der Waals surface area contributed by atoms with Crippen LogP contribution in [-0.2, 0) is 6.54 Å². The Bertz CT molecular complexity index is 775. The van der Waals surface area contributed by atoms with Gasteiger partial charge in [0, 0.05) is 19.3 Å². The molecule has 1 saturated heterocycles. The topological polar surface area (TPSA) is 95.7 Å². The highest BCUT2D eigenvalue weighted by atomic mass is 16.4. The predicted molar refractivity (Wildman–Crippen MR) is 96.5 cm³/mol. The van der Waals surface area contributed by atoms with Gasteiger partial charge in [-0.3, -0.25) is 4.79 Å². The number of carbonyl (C=O) groups excluding carboxylic acids is 1. The van der Waals surface area contributed by atoms with Crippen molar-refractivity contribution >= 4 is 17.7 Å². The van der Waals surface area contributed by atoms with Gasteiger partial charge in [0.2, 0.25) is 0 Å². The molecule has 7 heteroatoms. The van der Waals surface area contributed by atoms with Gasteiger partial charge in [-0.15, -0.1) is 0 Å². The van der Waals surface area contributed by atoms with Crippen molar-refractivity contribution in [2.24, 2.45) is 0 Å². The Morgan fingerprint density at radius 1 is 1.23 bits per heavy atom.